The van der Waals surface area contributed by atoms with Gasteiger partial charge in [0.15, 0.2) is 0 Å². The van der Waals surface area contributed by atoms with E-state index in [1.807, 2.05) is 12.1 Å². The topological polar surface area (TPSA) is 47.6 Å². The second kappa shape index (κ2) is 8.47. The van der Waals surface area contributed by atoms with Gasteiger partial charge in [0, 0.05) is 4.47 Å². The lowest BCUT2D eigenvalue weighted by molar-refractivity contribution is -0.116. The molecule has 0 aliphatic rings. The highest BCUT2D eigenvalue weighted by molar-refractivity contribution is 9.10. The van der Waals surface area contributed by atoms with Crippen molar-refractivity contribution in [1.82, 2.24) is 0 Å². The first-order valence-electron chi connectivity index (χ1n) is 6.76. The number of halogens is 3. The fraction of sp³-hybridized carbons (Fsp3) is 0.188. The first kappa shape index (κ1) is 17.2. The zero-order valence-corrected chi connectivity index (χ0v) is 13.6. The molecule has 7 heteroatoms. The zero-order valence-electron chi connectivity index (χ0n) is 12.0. The van der Waals surface area contributed by atoms with Crippen LogP contribution < -0.4 is 14.8 Å². The second-order valence-corrected chi connectivity index (χ2v) is 5.39. The highest BCUT2D eigenvalue weighted by atomic mass is 79.9. The molecule has 0 spiro atoms. The Morgan fingerprint density at radius 1 is 1.17 bits per heavy atom. The molecule has 2 aromatic rings. The van der Waals surface area contributed by atoms with E-state index in [4.69, 9.17) is 4.74 Å². The lowest BCUT2D eigenvalue weighted by Crippen LogP contribution is -2.16. The van der Waals surface area contributed by atoms with E-state index in [0.29, 0.717) is 5.75 Å². The number of nitrogens with one attached hydrogen (secondary N) is 1. The number of para-hydroxylation sites is 2. The van der Waals surface area contributed by atoms with Crippen LogP contribution in [0.5, 0.6) is 11.5 Å². The standard InChI is InChI=1S/C16H14BrF2NO3/c17-11-4-3-5-12(10-11)22-9-8-15(21)20-13-6-1-2-7-14(13)23-16(18)19/h1-7,10,16H,8-9H2,(H,20,21). The van der Waals surface area contributed by atoms with E-state index in [1.54, 1.807) is 24.3 Å². The maximum atomic E-state index is 12.3. The van der Waals surface area contributed by atoms with Gasteiger partial charge in [0.1, 0.15) is 11.5 Å². The van der Waals surface area contributed by atoms with Crippen molar-refractivity contribution in [2.75, 3.05) is 11.9 Å². The number of alkyl halides is 2. The van der Waals surface area contributed by atoms with Crippen molar-refractivity contribution in [3.63, 3.8) is 0 Å². The molecular weight excluding hydrogens is 372 g/mol. The molecule has 2 rings (SSSR count). The van der Waals surface area contributed by atoms with Crippen molar-refractivity contribution >= 4 is 27.5 Å². The maximum absolute atomic E-state index is 12.3. The van der Waals surface area contributed by atoms with Crippen LogP contribution in [-0.2, 0) is 4.79 Å². The Morgan fingerprint density at radius 2 is 1.96 bits per heavy atom. The van der Waals surface area contributed by atoms with Gasteiger partial charge in [0.05, 0.1) is 18.7 Å². The Hall–Kier alpha value is -2.15. The number of carbonyl (C=O) groups is 1. The lowest BCUT2D eigenvalue weighted by Gasteiger charge is -2.12. The SMILES string of the molecule is O=C(CCOc1cccc(Br)c1)Nc1ccccc1OC(F)F. The van der Waals surface area contributed by atoms with Crippen LogP contribution in [0, 0.1) is 0 Å². The smallest absolute Gasteiger partial charge is 0.387 e. The molecule has 122 valence electrons. The molecule has 2 aromatic carbocycles. The number of anilines is 1. The average Bonchev–Trinajstić information content (AvgIpc) is 2.49. The number of rotatable bonds is 7. The van der Waals surface area contributed by atoms with Gasteiger partial charge >= 0.3 is 6.61 Å². The van der Waals surface area contributed by atoms with Crippen LogP contribution in [0.15, 0.2) is 53.0 Å². The summed E-state index contributed by atoms with van der Waals surface area (Å²) < 4.78 is 35.3. The quantitative estimate of drug-likeness (QED) is 0.765. The summed E-state index contributed by atoms with van der Waals surface area (Å²) in [7, 11) is 0. The molecule has 0 saturated carbocycles. The summed E-state index contributed by atoms with van der Waals surface area (Å²) in [4.78, 5) is 11.9. The van der Waals surface area contributed by atoms with Crippen molar-refractivity contribution in [2.24, 2.45) is 0 Å². The molecule has 23 heavy (non-hydrogen) atoms. The fourth-order valence-corrected chi connectivity index (χ4v) is 2.18. The molecule has 0 fully saturated rings. The summed E-state index contributed by atoms with van der Waals surface area (Å²) >= 11 is 3.32. The first-order valence-corrected chi connectivity index (χ1v) is 7.56. The number of hydrogen-bond donors (Lipinski definition) is 1. The Balaban J connectivity index is 1.85. The summed E-state index contributed by atoms with van der Waals surface area (Å²) in [5.41, 5.74) is 0.195. The predicted molar refractivity (Wildman–Crippen MR) is 86.0 cm³/mol. The maximum Gasteiger partial charge on any atom is 0.387 e. The van der Waals surface area contributed by atoms with Crippen LogP contribution in [0.25, 0.3) is 0 Å². The van der Waals surface area contributed by atoms with Gasteiger partial charge in [0.25, 0.3) is 0 Å². The van der Waals surface area contributed by atoms with Gasteiger partial charge in [-0.3, -0.25) is 4.79 Å². The van der Waals surface area contributed by atoms with Gasteiger partial charge in [-0.15, -0.1) is 0 Å². The lowest BCUT2D eigenvalue weighted by atomic mass is 10.3. The van der Waals surface area contributed by atoms with Crippen LogP contribution >= 0.6 is 15.9 Å². The Morgan fingerprint density at radius 3 is 2.70 bits per heavy atom. The molecule has 0 heterocycles. The average molecular weight is 386 g/mol. The predicted octanol–water partition coefficient (Wildman–Crippen LogP) is 4.46. The van der Waals surface area contributed by atoms with E-state index >= 15 is 0 Å². The first-order chi connectivity index (χ1) is 11.0. The van der Waals surface area contributed by atoms with E-state index in [0.717, 1.165) is 4.47 Å². The van der Waals surface area contributed by atoms with E-state index in [1.165, 1.54) is 12.1 Å². The van der Waals surface area contributed by atoms with Gasteiger partial charge in [-0.25, -0.2) is 0 Å². The van der Waals surface area contributed by atoms with Crippen molar-refractivity contribution < 1.29 is 23.0 Å². The molecule has 0 radical (unpaired) electrons. The monoisotopic (exact) mass is 385 g/mol. The van der Waals surface area contributed by atoms with Gasteiger partial charge in [0.2, 0.25) is 5.91 Å². The zero-order chi connectivity index (χ0) is 16.7. The van der Waals surface area contributed by atoms with Crippen LogP contribution in [0.2, 0.25) is 0 Å². The van der Waals surface area contributed by atoms with E-state index in [-0.39, 0.29) is 30.4 Å². The number of ether oxygens (including phenoxy) is 2. The molecule has 0 unspecified atom stereocenters. The van der Waals surface area contributed by atoms with Gasteiger partial charge in [-0.05, 0) is 30.3 Å². The molecule has 4 nitrogen and oxygen atoms in total. The third-order valence-corrected chi connectivity index (χ3v) is 3.26. The number of hydrogen-bond acceptors (Lipinski definition) is 3. The number of carbonyl (C=O) groups excluding carboxylic acids is 1. The molecule has 0 bridgehead atoms. The Bertz CT molecular complexity index is 667. The minimum Gasteiger partial charge on any atom is -0.493 e. The van der Waals surface area contributed by atoms with Crippen LogP contribution in [0.1, 0.15) is 6.42 Å². The van der Waals surface area contributed by atoms with E-state index in [2.05, 4.69) is 26.0 Å². The van der Waals surface area contributed by atoms with Gasteiger partial charge in [-0.2, -0.15) is 8.78 Å². The Labute approximate surface area is 140 Å². The fourth-order valence-electron chi connectivity index (χ4n) is 1.80. The minimum absolute atomic E-state index is 0.0789. The summed E-state index contributed by atoms with van der Waals surface area (Å²) in [5.74, 6) is 0.197. The normalized spacial score (nSPS) is 10.4. The van der Waals surface area contributed by atoms with Crippen LogP contribution in [0.3, 0.4) is 0 Å². The van der Waals surface area contributed by atoms with Gasteiger partial charge in [-0.1, -0.05) is 34.1 Å². The number of benzene rings is 2. The highest BCUT2D eigenvalue weighted by Gasteiger charge is 2.11. The molecule has 0 aliphatic carbocycles. The Kier molecular flexibility index (Phi) is 6.34. The highest BCUT2D eigenvalue weighted by Crippen LogP contribution is 2.25. The van der Waals surface area contributed by atoms with E-state index < -0.39 is 6.61 Å². The molecular formula is C16H14BrF2NO3. The minimum atomic E-state index is -2.95. The molecule has 0 saturated heterocycles. The summed E-state index contributed by atoms with van der Waals surface area (Å²) in [6, 6.07) is 13.2. The van der Waals surface area contributed by atoms with Crippen LogP contribution in [0.4, 0.5) is 14.5 Å². The van der Waals surface area contributed by atoms with Crippen molar-refractivity contribution in [3.05, 3.63) is 53.0 Å². The van der Waals surface area contributed by atoms with Crippen molar-refractivity contribution in [1.29, 1.82) is 0 Å². The van der Waals surface area contributed by atoms with E-state index in [9.17, 15) is 13.6 Å². The van der Waals surface area contributed by atoms with Gasteiger partial charge < -0.3 is 14.8 Å². The third kappa shape index (κ3) is 5.86. The largest absolute Gasteiger partial charge is 0.493 e. The van der Waals surface area contributed by atoms with Crippen molar-refractivity contribution in [3.8, 4) is 11.5 Å². The molecule has 1 N–H and O–H groups in total. The molecule has 0 aliphatic heterocycles. The second-order valence-electron chi connectivity index (χ2n) is 4.48. The summed E-state index contributed by atoms with van der Waals surface area (Å²) in [6.45, 7) is -2.78. The number of amides is 1. The summed E-state index contributed by atoms with van der Waals surface area (Å²) in [6.07, 6.45) is 0.0789. The third-order valence-electron chi connectivity index (χ3n) is 2.77. The molecule has 1 amide bonds. The van der Waals surface area contributed by atoms with Crippen molar-refractivity contribution in [2.45, 2.75) is 13.0 Å². The summed E-state index contributed by atoms with van der Waals surface area (Å²) in [5, 5.41) is 2.53. The van der Waals surface area contributed by atoms with Crippen LogP contribution in [-0.4, -0.2) is 19.1 Å². The molecule has 0 aromatic heterocycles. The molecule has 0 atom stereocenters.